The Morgan fingerprint density at radius 2 is 1.87 bits per heavy atom. The Bertz CT molecular complexity index is 384. The Kier molecular flexibility index (Phi) is 3.31. The lowest BCUT2D eigenvalue weighted by atomic mass is 9.99. The van der Waals surface area contributed by atoms with E-state index >= 15 is 0 Å². The number of phenolic OH excluding ortho intramolecular Hbond substituents is 1. The fraction of sp³-hybridized carbons (Fsp3) is 0.364. The standard InChI is InChI=1S/C11H14O4/c1-6-4-5-7(2)9(12)8(6)10(13)11(14)15-3/h4-5,10,12-13H,1-3H3. The zero-order valence-electron chi connectivity index (χ0n) is 8.94. The highest BCUT2D eigenvalue weighted by molar-refractivity contribution is 5.78. The number of carbonyl (C=O) groups excluding carboxylic acids is 1. The number of phenols is 1. The van der Waals surface area contributed by atoms with Crippen LogP contribution in [0.4, 0.5) is 0 Å². The molecule has 15 heavy (non-hydrogen) atoms. The van der Waals surface area contributed by atoms with E-state index in [-0.39, 0.29) is 11.3 Å². The summed E-state index contributed by atoms with van der Waals surface area (Å²) < 4.78 is 4.42. The molecule has 1 aromatic rings. The Morgan fingerprint density at radius 1 is 1.33 bits per heavy atom. The van der Waals surface area contributed by atoms with Gasteiger partial charge < -0.3 is 14.9 Å². The van der Waals surface area contributed by atoms with Crippen molar-refractivity contribution in [1.29, 1.82) is 0 Å². The van der Waals surface area contributed by atoms with E-state index in [4.69, 9.17) is 0 Å². The number of aromatic hydroxyl groups is 1. The van der Waals surface area contributed by atoms with Gasteiger partial charge in [-0.1, -0.05) is 12.1 Å². The number of benzene rings is 1. The van der Waals surface area contributed by atoms with E-state index in [0.29, 0.717) is 11.1 Å². The van der Waals surface area contributed by atoms with Crippen molar-refractivity contribution in [3.63, 3.8) is 0 Å². The molecule has 0 saturated carbocycles. The molecule has 0 aliphatic rings. The molecule has 0 aliphatic carbocycles. The summed E-state index contributed by atoms with van der Waals surface area (Å²) in [6, 6.07) is 3.45. The van der Waals surface area contributed by atoms with E-state index in [1.807, 2.05) is 0 Å². The minimum absolute atomic E-state index is 0.0621. The third kappa shape index (κ3) is 2.10. The topological polar surface area (TPSA) is 66.8 Å². The molecule has 0 aliphatic heterocycles. The predicted octanol–water partition coefficient (Wildman–Crippen LogP) is 1.22. The molecule has 0 saturated heterocycles. The molecule has 82 valence electrons. The summed E-state index contributed by atoms with van der Waals surface area (Å²) in [5, 5.41) is 19.4. The van der Waals surface area contributed by atoms with Crippen molar-refractivity contribution in [2.24, 2.45) is 0 Å². The third-order valence-corrected chi connectivity index (χ3v) is 2.33. The Hall–Kier alpha value is -1.55. The maximum absolute atomic E-state index is 11.1. The van der Waals surface area contributed by atoms with E-state index in [1.165, 1.54) is 7.11 Å². The highest BCUT2D eigenvalue weighted by atomic mass is 16.5. The van der Waals surface area contributed by atoms with Crippen LogP contribution in [0.1, 0.15) is 22.8 Å². The summed E-state index contributed by atoms with van der Waals surface area (Å²) in [7, 11) is 1.19. The van der Waals surface area contributed by atoms with Crippen molar-refractivity contribution in [2.75, 3.05) is 7.11 Å². The van der Waals surface area contributed by atoms with Gasteiger partial charge in [-0.3, -0.25) is 0 Å². The van der Waals surface area contributed by atoms with E-state index in [2.05, 4.69) is 4.74 Å². The Morgan fingerprint density at radius 3 is 2.40 bits per heavy atom. The van der Waals surface area contributed by atoms with Gasteiger partial charge in [-0.2, -0.15) is 0 Å². The predicted molar refractivity (Wildman–Crippen MR) is 54.6 cm³/mol. The lowest BCUT2D eigenvalue weighted by Crippen LogP contribution is -2.15. The quantitative estimate of drug-likeness (QED) is 0.720. The van der Waals surface area contributed by atoms with Crippen LogP contribution < -0.4 is 0 Å². The molecule has 0 bridgehead atoms. The first kappa shape index (κ1) is 11.5. The molecule has 0 spiro atoms. The molecular weight excluding hydrogens is 196 g/mol. The fourth-order valence-corrected chi connectivity index (χ4v) is 1.39. The monoisotopic (exact) mass is 210 g/mol. The normalized spacial score (nSPS) is 12.3. The van der Waals surface area contributed by atoms with Crippen LogP contribution in [0.25, 0.3) is 0 Å². The molecular formula is C11H14O4. The Labute approximate surface area is 88.1 Å². The fourth-order valence-electron chi connectivity index (χ4n) is 1.39. The highest BCUT2D eigenvalue weighted by Gasteiger charge is 2.23. The molecule has 1 aromatic carbocycles. The molecule has 0 radical (unpaired) electrons. The van der Waals surface area contributed by atoms with Gasteiger partial charge in [0, 0.05) is 5.56 Å². The molecule has 1 atom stereocenters. The molecule has 0 fully saturated rings. The number of carbonyl (C=O) groups is 1. The van der Waals surface area contributed by atoms with Crippen LogP contribution in [-0.4, -0.2) is 23.3 Å². The van der Waals surface area contributed by atoms with Crippen molar-refractivity contribution in [2.45, 2.75) is 20.0 Å². The van der Waals surface area contributed by atoms with E-state index in [9.17, 15) is 15.0 Å². The van der Waals surface area contributed by atoms with Crippen molar-refractivity contribution >= 4 is 5.97 Å². The Balaban J connectivity index is 3.24. The summed E-state index contributed by atoms with van der Waals surface area (Å²) in [6.07, 6.45) is -1.44. The first-order valence-electron chi connectivity index (χ1n) is 4.54. The highest BCUT2D eigenvalue weighted by Crippen LogP contribution is 2.31. The van der Waals surface area contributed by atoms with E-state index in [0.717, 1.165) is 0 Å². The first-order valence-corrected chi connectivity index (χ1v) is 4.54. The van der Waals surface area contributed by atoms with Crippen LogP contribution in [0.15, 0.2) is 12.1 Å². The third-order valence-electron chi connectivity index (χ3n) is 2.33. The van der Waals surface area contributed by atoms with Gasteiger partial charge in [0.15, 0.2) is 6.10 Å². The van der Waals surface area contributed by atoms with Crippen molar-refractivity contribution in [1.82, 2.24) is 0 Å². The van der Waals surface area contributed by atoms with Crippen LogP contribution in [0.2, 0.25) is 0 Å². The molecule has 2 N–H and O–H groups in total. The lowest BCUT2D eigenvalue weighted by molar-refractivity contribution is -0.150. The van der Waals surface area contributed by atoms with Gasteiger partial charge in [-0.15, -0.1) is 0 Å². The summed E-state index contributed by atoms with van der Waals surface area (Å²) in [4.78, 5) is 11.1. The van der Waals surface area contributed by atoms with Gasteiger partial charge in [-0.25, -0.2) is 4.79 Å². The van der Waals surface area contributed by atoms with Gasteiger partial charge >= 0.3 is 5.97 Å². The second-order valence-electron chi connectivity index (χ2n) is 3.39. The summed E-state index contributed by atoms with van der Waals surface area (Å²) in [5.74, 6) is -0.841. The van der Waals surface area contributed by atoms with Crippen LogP contribution in [0.3, 0.4) is 0 Å². The van der Waals surface area contributed by atoms with Crippen molar-refractivity contribution in [3.05, 3.63) is 28.8 Å². The molecule has 1 unspecified atom stereocenters. The molecule has 4 nitrogen and oxygen atoms in total. The average molecular weight is 210 g/mol. The number of hydrogen-bond acceptors (Lipinski definition) is 4. The number of aliphatic hydroxyl groups excluding tert-OH is 1. The van der Waals surface area contributed by atoms with E-state index < -0.39 is 12.1 Å². The molecule has 0 aromatic heterocycles. The summed E-state index contributed by atoms with van der Waals surface area (Å²) >= 11 is 0. The smallest absolute Gasteiger partial charge is 0.339 e. The number of aryl methyl sites for hydroxylation is 2. The maximum Gasteiger partial charge on any atom is 0.339 e. The van der Waals surface area contributed by atoms with Gasteiger partial charge in [0.2, 0.25) is 0 Å². The van der Waals surface area contributed by atoms with Gasteiger partial charge in [0.05, 0.1) is 7.11 Å². The largest absolute Gasteiger partial charge is 0.507 e. The second-order valence-corrected chi connectivity index (χ2v) is 3.39. The van der Waals surface area contributed by atoms with Gasteiger partial charge in [-0.05, 0) is 25.0 Å². The minimum atomic E-state index is -1.44. The van der Waals surface area contributed by atoms with Crippen LogP contribution in [0, 0.1) is 13.8 Å². The zero-order chi connectivity index (χ0) is 11.6. The number of ether oxygens (including phenoxy) is 1. The number of hydrogen-bond donors (Lipinski definition) is 2. The number of rotatable bonds is 2. The second kappa shape index (κ2) is 4.31. The minimum Gasteiger partial charge on any atom is -0.507 e. The van der Waals surface area contributed by atoms with Crippen molar-refractivity contribution < 1.29 is 19.7 Å². The first-order chi connectivity index (χ1) is 6.99. The number of aliphatic hydroxyl groups is 1. The zero-order valence-corrected chi connectivity index (χ0v) is 8.94. The molecule has 0 amide bonds. The van der Waals surface area contributed by atoms with Gasteiger partial charge in [0.25, 0.3) is 0 Å². The number of esters is 1. The number of methoxy groups -OCH3 is 1. The van der Waals surface area contributed by atoms with Crippen LogP contribution >= 0.6 is 0 Å². The van der Waals surface area contributed by atoms with Crippen molar-refractivity contribution in [3.8, 4) is 5.75 Å². The average Bonchev–Trinajstić information content (AvgIpc) is 2.22. The maximum atomic E-state index is 11.1. The molecule has 0 heterocycles. The van der Waals surface area contributed by atoms with Crippen LogP contribution in [0.5, 0.6) is 5.75 Å². The van der Waals surface area contributed by atoms with Gasteiger partial charge in [0.1, 0.15) is 5.75 Å². The lowest BCUT2D eigenvalue weighted by Gasteiger charge is -2.14. The SMILES string of the molecule is COC(=O)C(O)c1c(C)ccc(C)c1O. The molecule has 4 heteroatoms. The molecule has 1 rings (SSSR count). The summed E-state index contributed by atoms with van der Waals surface area (Å²) in [5.41, 5.74) is 1.47. The summed E-state index contributed by atoms with van der Waals surface area (Å²) in [6.45, 7) is 3.41. The van der Waals surface area contributed by atoms with E-state index in [1.54, 1.807) is 26.0 Å². The van der Waals surface area contributed by atoms with Crippen LogP contribution in [-0.2, 0) is 9.53 Å².